The summed E-state index contributed by atoms with van der Waals surface area (Å²) in [5.41, 5.74) is 5.24. The zero-order chi connectivity index (χ0) is 26.9. The third-order valence-electron chi connectivity index (χ3n) is 7.12. The summed E-state index contributed by atoms with van der Waals surface area (Å²) in [6.07, 6.45) is 5.31. The molecule has 0 saturated carbocycles. The maximum atomic E-state index is 13.3. The van der Waals surface area contributed by atoms with Crippen LogP contribution in [0, 0.1) is 13.8 Å². The van der Waals surface area contributed by atoms with Crippen LogP contribution in [0.15, 0.2) is 71.8 Å². The van der Waals surface area contributed by atoms with Crippen molar-refractivity contribution in [3.8, 4) is 5.00 Å². The lowest BCUT2D eigenvalue weighted by Crippen LogP contribution is -2.43. The van der Waals surface area contributed by atoms with Gasteiger partial charge in [0, 0.05) is 21.8 Å². The van der Waals surface area contributed by atoms with Gasteiger partial charge in [-0.25, -0.2) is 10.2 Å². The number of thiophene rings is 1. The normalized spacial score (nSPS) is 13.4. The molecule has 2 aromatic carbocycles. The molecular formula is C30H29N3O4S. The maximum Gasteiger partial charge on any atom is 0.339 e. The Balaban J connectivity index is 1.45. The van der Waals surface area contributed by atoms with Crippen molar-refractivity contribution in [3.05, 3.63) is 111 Å². The molecule has 0 unspecified atom stereocenters. The molecule has 5 rings (SSSR count). The van der Waals surface area contributed by atoms with Crippen LogP contribution in [0.5, 0.6) is 0 Å². The van der Waals surface area contributed by atoms with E-state index in [1.807, 2.05) is 36.6 Å². The highest BCUT2D eigenvalue weighted by Crippen LogP contribution is 2.38. The van der Waals surface area contributed by atoms with Crippen LogP contribution in [0.25, 0.3) is 5.00 Å². The number of aliphatic hydroxyl groups is 1. The number of carbonyl (C=O) groups is 2. The molecule has 1 amide bonds. The Hall–Kier alpha value is -4.01. The lowest BCUT2D eigenvalue weighted by atomic mass is 9.85. The lowest BCUT2D eigenvalue weighted by molar-refractivity contribution is -0.136. The molecular weight excluding hydrogens is 498 g/mol. The zero-order valence-corrected chi connectivity index (χ0v) is 22.1. The Labute approximate surface area is 225 Å². The monoisotopic (exact) mass is 527 g/mol. The quantitative estimate of drug-likeness (QED) is 0.229. The minimum absolute atomic E-state index is 0.388. The minimum Gasteiger partial charge on any atom is -0.478 e. The predicted octanol–water partition coefficient (Wildman–Crippen LogP) is 5.12. The lowest BCUT2D eigenvalue weighted by Gasteiger charge is -2.27. The highest BCUT2D eigenvalue weighted by molar-refractivity contribution is 7.15. The van der Waals surface area contributed by atoms with Gasteiger partial charge < -0.3 is 14.8 Å². The highest BCUT2D eigenvalue weighted by atomic mass is 32.1. The summed E-state index contributed by atoms with van der Waals surface area (Å²) in [7, 11) is 0. The number of benzene rings is 2. The third kappa shape index (κ3) is 4.46. The van der Waals surface area contributed by atoms with Crippen molar-refractivity contribution in [2.75, 3.05) is 0 Å². The van der Waals surface area contributed by atoms with Gasteiger partial charge in [0.15, 0.2) is 5.60 Å². The van der Waals surface area contributed by atoms with Crippen molar-refractivity contribution < 1.29 is 19.8 Å². The third-order valence-corrected chi connectivity index (χ3v) is 8.40. The number of aromatic carboxylic acids is 1. The van der Waals surface area contributed by atoms with Crippen molar-refractivity contribution in [3.63, 3.8) is 0 Å². The summed E-state index contributed by atoms with van der Waals surface area (Å²) in [6, 6.07) is 19.4. The number of hydrogen-bond acceptors (Lipinski definition) is 5. The van der Waals surface area contributed by atoms with Crippen LogP contribution in [-0.2, 0) is 23.2 Å². The number of nitrogens with one attached hydrogen (secondary N) is 1. The number of aromatic nitrogens is 1. The molecule has 1 aliphatic rings. The van der Waals surface area contributed by atoms with Gasteiger partial charge in [0.1, 0.15) is 5.00 Å². The van der Waals surface area contributed by atoms with Crippen molar-refractivity contribution >= 4 is 29.4 Å². The standard InChI is InChI=1S/C30H29N3O4S/c1-19-17-21(20(2)33(19)27-26(28(34)35)24-15-9-10-16-25(24)38-27)18-31-32-29(36)30(37,22-11-5-3-6-12-22)23-13-7-4-8-14-23/h3-8,11-14,17-18,37H,9-10,15-16H2,1-2H3,(H,32,36)(H,34,35)/b31-18-. The fourth-order valence-corrected chi connectivity index (χ4v) is 6.68. The first kappa shape index (κ1) is 25.6. The van der Waals surface area contributed by atoms with E-state index in [1.165, 1.54) is 6.21 Å². The van der Waals surface area contributed by atoms with Gasteiger partial charge in [-0.3, -0.25) is 4.79 Å². The van der Waals surface area contributed by atoms with Gasteiger partial charge in [-0.1, -0.05) is 60.7 Å². The van der Waals surface area contributed by atoms with Crippen molar-refractivity contribution in [2.24, 2.45) is 5.10 Å². The van der Waals surface area contributed by atoms with Gasteiger partial charge in [0.2, 0.25) is 0 Å². The van der Waals surface area contributed by atoms with E-state index >= 15 is 0 Å². The molecule has 2 aromatic heterocycles. The largest absolute Gasteiger partial charge is 0.478 e. The van der Waals surface area contributed by atoms with E-state index in [2.05, 4.69) is 10.5 Å². The Morgan fingerprint density at radius 1 is 1.00 bits per heavy atom. The number of hydrogen-bond donors (Lipinski definition) is 3. The topological polar surface area (TPSA) is 104 Å². The summed E-state index contributed by atoms with van der Waals surface area (Å²) >= 11 is 1.55. The molecule has 4 aromatic rings. The van der Waals surface area contributed by atoms with Gasteiger partial charge in [0.25, 0.3) is 5.91 Å². The average Bonchev–Trinajstić information content (AvgIpc) is 3.45. The van der Waals surface area contributed by atoms with E-state index < -0.39 is 17.5 Å². The second-order valence-corrected chi connectivity index (χ2v) is 10.6. The smallest absolute Gasteiger partial charge is 0.339 e. The molecule has 0 bridgehead atoms. The number of carbonyl (C=O) groups excluding carboxylic acids is 1. The number of fused-ring (bicyclic) bond motifs is 1. The Morgan fingerprint density at radius 3 is 2.21 bits per heavy atom. The summed E-state index contributed by atoms with van der Waals surface area (Å²) in [5, 5.41) is 26.5. The number of rotatable bonds is 7. The highest BCUT2D eigenvalue weighted by Gasteiger charge is 2.40. The molecule has 0 spiro atoms. The van der Waals surface area contributed by atoms with E-state index in [1.54, 1.807) is 59.9 Å². The van der Waals surface area contributed by atoms with Gasteiger partial charge in [-0.05, 0) is 62.3 Å². The van der Waals surface area contributed by atoms with Crippen molar-refractivity contribution in [2.45, 2.75) is 45.1 Å². The van der Waals surface area contributed by atoms with E-state index in [4.69, 9.17) is 0 Å². The fraction of sp³-hybridized carbons (Fsp3) is 0.233. The van der Waals surface area contributed by atoms with Crippen LogP contribution in [0.4, 0.5) is 0 Å². The number of hydrazone groups is 1. The maximum absolute atomic E-state index is 13.3. The Morgan fingerprint density at radius 2 is 1.61 bits per heavy atom. The van der Waals surface area contributed by atoms with E-state index in [0.29, 0.717) is 21.7 Å². The van der Waals surface area contributed by atoms with Crippen LogP contribution < -0.4 is 5.43 Å². The number of amides is 1. The molecule has 0 aliphatic heterocycles. The van der Waals surface area contributed by atoms with Gasteiger partial charge >= 0.3 is 5.97 Å². The number of nitrogens with zero attached hydrogens (tertiary/aromatic N) is 2. The molecule has 194 valence electrons. The van der Waals surface area contributed by atoms with E-state index in [0.717, 1.165) is 53.1 Å². The molecule has 0 atom stereocenters. The molecule has 2 heterocycles. The molecule has 0 fully saturated rings. The van der Waals surface area contributed by atoms with Crippen LogP contribution in [-0.4, -0.2) is 32.9 Å². The van der Waals surface area contributed by atoms with Crippen molar-refractivity contribution in [1.29, 1.82) is 0 Å². The van der Waals surface area contributed by atoms with Crippen molar-refractivity contribution in [1.82, 2.24) is 9.99 Å². The first-order chi connectivity index (χ1) is 18.3. The summed E-state index contributed by atoms with van der Waals surface area (Å²) in [4.78, 5) is 26.7. The Bertz CT molecular complexity index is 1480. The fourth-order valence-electron chi connectivity index (χ4n) is 5.19. The summed E-state index contributed by atoms with van der Waals surface area (Å²) < 4.78 is 1.96. The number of carboxylic acid groups (broad SMARTS) is 1. The minimum atomic E-state index is -1.93. The molecule has 7 nitrogen and oxygen atoms in total. The summed E-state index contributed by atoms with van der Waals surface area (Å²) in [6.45, 7) is 3.83. The SMILES string of the molecule is Cc1cc(/C=N\NC(=O)C(O)(c2ccccc2)c2ccccc2)c(C)n1-c1sc2c(c1C(=O)O)CCCC2. The molecule has 8 heteroatoms. The first-order valence-electron chi connectivity index (χ1n) is 12.6. The van der Waals surface area contributed by atoms with Gasteiger partial charge in [-0.2, -0.15) is 5.10 Å². The number of aryl methyl sites for hydroxylation is 2. The molecule has 38 heavy (non-hydrogen) atoms. The van der Waals surface area contributed by atoms with Crippen LogP contribution in [0.1, 0.15) is 61.7 Å². The molecule has 0 radical (unpaired) electrons. The predicted molar refractivity (Wildman–Crippen MR) is 148 cm³/mol. The zero-order valence-electron chi connectivity index (χ0n) is 21.3. The van der Waals surface area contributed by atoms with Crippen LogP contribution in [0.3, 0.4) is 0 Å². The van der Waals surface area contributed by atoms with Gasteiger partial charge in [0.05, 0.1) is 11.8 Å². The van der Waals surface area contributed by atoms with Gasteiger partial charge in [-0.15, -0.1) is 11.3 Å². The first-order valence-corrected chi connectivity index (χ1v) is 13.4. The Kier molecular flexibility index (Phi) is 7.01. The molecule has 3 N–H and O–H groups in total. The van der Waals surface area contributed by atoms with E-state index in [9.17, 15) is 19.8 Å². The molecule has 0 saturated heterocycles. The second-order valence-electron chi connectivity index (χ2n) is 9.50. The summed E-state index contributed by atoms with van der Waals surface area (Å²) in [5.74, 6) is -1.59. The number of carboxylic acids is 1. The molecule has 1 aliphatic carbocycles. The van der Waals surface area contributed by atoms with E-state index in [-0.39, 0.29) is 0 Å². The average molecular weight is 528 g/mol. The van der Waals surface area contributed by atoms with Crippen LogP contribution in [0.2, 0.25) is 0 Å². The second kappa shape index (κ2) is 10.4. The van der Waals surface area contributed by atoms with Crippen LogP contribution >= 0.6 is 11.3 Å².